The van der Waals surface area contributed by atoms with Gasteiger partial charge in [0.1, 0.15) is 12.2 Å². The van der Waals surface area contributed by atoms with E-state index in [1.165, 1.54) is 0 Å². The Balaban J connectivity index is 2.42. The number of nitrogens with one attached hydrogen (secondary N) is 1. The Bertz CT molecular complexity index is 202. The molecule has 0 aromatic rings. The monoisotopic (exact) mass is 232 g/mol. The summed E-state index contributed by atoms with van der Waals surface area (Å²) in [5.41, 5.74) is 0. The lowest BCUT2D eigenvalue weighted by molar-refractivity contribution is -0.00461. The second-order valence-electron chi connectivity index (χ2n) is 3.69. The predicted octanol–water partition coefficient (Wildman–Crippen LogP) is 0.616. The number of ether oxygens (including phenoxy) is 2. The standard InChI is InChI=1S/C10H20N2O2S/c1-4-5-11-10(15)12-6-8(13-2)9(7-12)14-3/h8-9H,4-7H2,1-3H3,(H,11,15). The van der Waals surface area contributed by atoms with Gasteiger partial charge >= 0.3 is 0 Å². The summed E-state index contributed by atoms with van der Waals surface area (Å²) in [7, 11) is 3.42. The summed E-state index contributed by atoms with van der Waals surface area (Å²) in [5.74, 6) is 0. The molecule has 0 radical (unpaired) electrons. The number of thiocarbonyl (C=S) groups is 1. The van der Waals surface area contributed by atoms with Crippen molar-refractivity contribution in [1.82, 2.24) is 10.2 Å². The molecule has 0 aliphatic carbocycles. The maximum absolute atomic E-state index is 5.35. The van der Waals surface area contributed by atoms with E-state index in [-0.39, 0.29) is 12.2 Å². The van der Waals surface area contributed by atoms with Crippen LogP contribution in [0.2, 0.25) is 0 Å². The molecular formula is C10H20N2O2S. The minimum atomic E-state index is 0.122. The van der Waals surface area contributed by atoms with E-state index < -0.39 is 0 Å². The van der Waals surface area contributed by atoms with Gasteiger partial charge in [0.05, 0.1) is 0 Å². The third-order valence-corrected chi connectivity index (χ3v) is 3.04. The van der Waals surface area contributed by atoms with Crippen molar-refractivity contribution in [3.63, 3.8) is 0 Å². The zero-order valence-electron chi connectivity index (χ0n) is 9.66. The Morgan fingerprint density at radius 2 is 1.87 bits per heavy atom. The largest absolute Gasteiger partial charge is 0.377 e. The van der Waals surface area contributed by atoms with Gasteiger partial charge in [0, 0.05) is 33.9 Å². The van der Waals surface area contributed by atoms with Gasteiger partial charge in [-0.05, 0) is 18.6 Å². The lowest BCUT2D eigenvalue weighted by Gasteiger charge is -2.19. The zero-order valence-corrected chi connectivity index (χ0v) is 10.5. The van der Waals surface area contributed by atoms with Gasteiger partial charge in [0.2, 0.25) is 0 Å². The van der Waals surface area contributed by atoms with E-state index in [4.69, 9.17) is 21.7 Å². The first-order valence-corrected chi connectivity index (χ1v) is 5.72. The topological polar surface area (TPSA) is 33.7 Å². The van der Waals surface area contributed by atoms with Crippen LogP contribution < -0.4 is 5.32 Å². The van der Waals surface area contributed by atoms with E-state index >= 15 is 0 Å². The van der Waals surface area contributed by atoms with Crippen molar-refractivity contribution in [2.45, 2.75) is 25.6 Å². The van der Waals surface area contributed by atoms with Gasteiger partial charge in [-0.15, -0.1) is 0 Å². The second-order valence-corrected chi connectivity index (χ2v) is 4.07. The van der Waals surface area contributed by atoms with Crippen molar-refractivity contribution in [2.75, 3.05) is 33.9 Å². The van der Waals surface area contributed by atoms with Crippen LogP contribution in [0.3, 0.4) is 0 Å². The van der Waals surface area contributed by atoms with Crippen LogP contribution >= 0.6 is 12.2 Å². The van der Waals surface area contributed by atoms with Crippen LogP contribution in [0.25, 0.3) is 0 Å². The molecule has 1 rings (SSSR count). The fourth-order valence-corrected chi connectivity index (χ4v) is 1.96. The Hall–Kier alpha value is -0.390. The van der Waals surface area contributed by atoms with Crippen molar-refractivity contribution >= 4 is 17.3 Å². The molecule has 2 unspecified atom stereocenters. The third kappa shape index (κ3) is 3.29. The van der Waals surface area contributed by atoms with E-state index in [0.717, 1.165) is 31.2 Å². The number of nitrogens with zero attached hydrogens (tertiary/aromatic N) is 1. The SMILES string of the molecule is CCCNC(=S)N1CC(OC)C(OC)C1. The first-order valence-electron chi connectivity index (χ1n) is 5.31. The second kappa shape index (κ2) is 6.25. The molecule has 0 aromatic heterocycles. The highest BCUT2D eigenvalue weighted by atomic mass is 32.1. The average molecular weight is 232 g/mol. The predicted molar refractivity (Wildman–Crippen MR) is 64.1 cm³/mol. The molecule has 0 bridgehead atoms. The molecule has 0 spiro atoms. The average Bonchev–Trinajstić information content (AvgIpc) is 2.68. The highest BCUT2D eigenvalue weighted by Gasteiger charge is 2.33. The van der Waals surface area contributed by atoms with E-state index in [2.05, 4.69) is 17.1 Å². The van der Waals surface area contributed by atoms with Crippen LogP contribution in [0.15, 0.2) is 0 Å². The number of methoxy groups -OCH3 is 2. The van der Waals surface area contributed by atoms with Crippen molar-refractivity contribution in [2.24, 2.45) is 0 Å². The molecule has 1 fully saturated rings. The normalized spacial score (nSPS) is 25.7. The van der Waals surface area contributed by atoms with Gasteiger partial charge < -0.3 is 19.7 Å². The molecule has 88 valence electrons. The van der Waals surface area contributed by atoms with E-state index in [0.29, 0.717) is 0 Å². The van der Waals surface area contributed by atoms with Crippen LogP contribution in [0.4, 0.5) is 0 Å². The molecular weight excluding hydrogens is 212 g/mol. The fraction of sp³-hybridized carbons (Fsp3) is 0.900. The maximum Gasteiger partial charge on any atom is 0.169 e. The van der Waals surface area contributed by atoms with Crippen LogP contribution in [0, 0.1) is 0 Å². The summed E-state index contributed by atoms with van der Waals surface area (Å²) in [6.07, 6.45) is 1.32. The van der Waals surface area contributed by atoms with Crippen LogP contribution in [-0.4, -0.2) is 56.1 Å². The first kappa shape index (κ1) is 12.7. The molecule has 1 saturated heterocycles. The Kier molecular flexibility index (Phi) is 5.28. The van der Waals surface area contributed by atoms with Crippen molar-refractivity contribution < 1.29 is 9.47 Å². The molecule has 5 heteroatoms. The number of hydrogen-bond acceptors (Lipinski definition) is 3. The summed E-state index contributed by atoms with van der Waals surface area (Å²) in [4.78, 5) is 2.10. The molecule has 0 amide bonds. The number of rotatable bonds is 4. The molecule has 0 aromatic carbocycles. The smallest absolute Gasteiger partial charge is 0.169 e. The molecule has 15 heavy (non-hydrogen) atoms. The number of likely N-dealkylation sites (tertiary alicyclic amines) is 1. The molecule has 4 nitrogen and oxygen atoms in total. The summed E-state index contributed by atoms with van der Waals surface area (Å²) in [6, 6.07) is 0. The highest BCUT2D eigenvalue weighted by molar-refractivity contribution is 7.80. The van der Waals surface area contributed by atoms with Crippen molar-refractivity contribution in [3.8, 4) is 0 Å². The molecule has 0 saturated carbocycles. The van der Waals surface area contributed by atoms with Gasteiger partial charge in [-0.2, -0.15) is 0 Å². The molecule has 2 atom stereocenters. The van der Waals surface area contributed by atoms with Gasteiger partial charge in [0.25, 0.3) is 0 Å². The quantitative estimate of drug-likeness (QED) is 0.719. The Morgan fingerprint density at radius 3 is 2.27 bits per heavy atom. The van der Waals surface area contributed by atoms with Gasteiger partial charge in [0.15, 0.2) is 5.11 Å². The third-order valence-electron chi connectivity index (χ3n) is 2.63. The van der Waals surface area contributed by atoms with Crippen LogP contribution in [0.1, 0.15) is 13.3 Å². The molecule has 1 aliphatic rings. The van der Waals surface area contributed by atoms with Crippen LogP contribution in [0.5, 0.6) is 0 Å². The lowest BCUT2D eigenvalue weighted by Crippen LogP contribution is -2.39. The van der Waals surface area contributed by atoms with Crippen molar-refractivity contribution in [1.29, 1.82) is 0 Å². The number of hydrogen-bond donors (Lipinski definition) is 1. The Labute approximate surface area is 96.9 Å². The lowest BCUT2D eigenvalue weighted by atomic mass is 10.3. The molecule has 1 N–H and O–H groups in total. The first-order chi connectivity index (χ1) is 7.22. The fourth-order valence-electron chi connectivity index (χ4n) is 1.71. The van der Waals surface area contributed by atoms with Crippen LogP contribution in [-0.2, 0) is 9.47 Å². The van der Waals surface area contributed by atoms with Gasteiger partial charge in [-0.3, -0.25) is 0 Å². The summed E-state index contributed by atoms with van der Waals surface area (Å²) in [5, 5.41) is 4.01. The van der Waals surface area contributed by atoms with E-state index in [1.807, 2.05) is 0 Å². The minimum Gasteiger partial charge on any atom is -0.377 e. The van der Waals surface area contributed by atoms with Crippen molar-refractivity contribution in [3.05, 3.63) is 0 Å². The molecule has 1 aliphatic heterocycles. The highest BCUT2D eigenvalue weighted by Crippen LogP contribution is 2.15. The van der Waals surface area contributed by atoms with Gasteiger partial charge in [-0.1, -0.05) is 6.92 Å². The maximum atomic E-state index is 5.35. The summed E-state index contributed by atoms with van der Waals surface area (Å²) in [6.45, 7) is 4.66. The van der Waals surface area contributed by atoms with E-state index in [1.54, 1.807) is 14.2 Å². The minimum absolute atomic E-state index is 0.122. The van der Waals surface area contributed by atoms with Gasteiger partial charge in [-0.25, -0.2) is 0 Å². The zero-order chi connectivity index (χ0) is 11.3. The molecule has 1 heterocycles. The van der Waals surface area contributed by atoms with E-state index in [9.17, 15) is 0 Å². The summed E-state index contributed by atoms with van der Waals surface area (Å²) >= 11 is 5.28. The Morgan fingerprint density at radius 1 is 1.33 bits per heavy atom. The summed E-state index contributed by atoms with van der Waals surface area (Å²) < 4.78 is 10.7.